The number of ether oxygens (including phenoxy) is 1. The van der Waals surface area contributed by atoms with Crippen molar-refractivity contribution in [2.45, 2.75) is 31.3 Å². The molecule has 0 atom stereocenters. The first-order valence-electron chi connectivity index (χ1n) is 7.21. The van der Waals surface area contributed by atoms with Crippen LogP contribution in [-0.4, -0.2) is 33.4 Å². The molecule has 0 unspecified atom stereocenters. The van der Waals surface area contributed by atoms with Gasteiger partial charge < -0.3 is 13.8 Å². The molecular weight excluding hydrogens is 332 g/mol. The number of aromatic nitrogens is 4. The van der Waals surface area contributed by atoms with Crippen molar-refractivity contribution in [2.75, 3.05) is 13.7 Å². The summed E-state index contributed by atoms with van der Waals surface area (Å²) in [5.74, 6) is 1.87. The van der Waals surface area contributed by atoms with Crippen LogP contribution in [0.15, 0.2) is 27.2 Å². The summed E-state index contributed by atoms with van der Waals surface area (Å²) in [7, 11) is 1.71. The van der Waals surface area contributed by atoms with Gasteiger partial charge in [0.2, 0.25) is 0 Å². The Morgan fingerprint density at radius 1 is 1.35 bits per heavy atom. The van der Waals surface area contributed by atoms with E-state index in [1.165, 1.54) is 0 Å². The number of imidazole rings is 1. The summed E-state index contributed by atoms with van der Waals surface area (Å²) in [4.78, 5) is 10.0. The molecule has 3 aromatic rings. The zero-order chi connectivity index (χ0) is 16.2. The van der Waals surface area contributed by atoms with Gasteiger partial charge in [0, 0.05) is 19.3 Å². The Hall–Kier alpha value is -1.64. The number of rotatable bonds is 7. The Kier molecular flexibility index (Phi) is 5.14. The highest BCUT2D eigenvalue weighted by molar-refractivity contribution is 7.98. The van der Waals surface area contributed by atoms with Crippen molar-refractivity contribution in [3.63, 3.8) is 0 Å². The number of thiophene rings is 1. The summed E-state index contributed by atoms with van der Waals surface area (Å²) >= 11 is 3.20. The molecular formula is C15H18N4O2S2. The van der Waals surface area contributed by atoms with Crippen LogP contribution in [0, 0.1) is 13.8 Å². The van der Waals surface area contributed by atoms with E-state index in [2.05, 4.69) is 26.6 Å². The van der Waals surface area contributed by atoms with Crippen LogP contribution in [0.2, 0.25) is 0 Å². The molecule has 0 radical (unpaired) electrons. The topological polar surface area (TPSA) is 66.0 Å². The van der Waals surface area contributed by atoms with Crippen molar-refractivity contribution in [3.8, 4) is 10.8 Å². The van der Waals surface area contributed by atoms with E-state index in [0.29, 0.717) is 24.1 Å². The zero-order valence-electron chi connectivity index (χ0n) is 13.3. The van der Waals surface area contributed by atoms with Crippen molar-refractivity contribution < 1.29 is 9.26 Å². The summed E-state index contributed by atoms with van der Waals surface area (Å²) in [6.07, 6.45) is 0. The summed E-state index contributed by atoms with van der Waals surface area (Å²) in [5.41, 5.74) is 2.20. The lowest BCUT2D eigenvalue weighted by atomic mass is 10.4. The third-order valence-corrected chi connectivity index (χ3v) is 5.30. The lowest BCUT2D eigenvalue weighted by Crippen LogP contribution is -2.07. The largest absolute Gasteiger partial charge is 0.383 e. The van der Waals surface area contributed by atoms with Gasteiger partial charge in [0.15, 0.2) is 11.0 Å². The fourth-order valence-corrected chi connectivity index (χ4v) is 3.73. The second-order valence-electron chi connectivity index (χ2n) is 4.99. The molecule has 122 valence electrons. The van der Waals surface area contributed by atoms with E-state index < -0.39 is 0 Å². The first-order valence-corrected chi connectivity index (χ1v) is 9.07. The van der Waals surface area contributed by atoms with E-state index in [4.69, 9.17) is 9.26 Å². The molecule has 0 aliphatic heterocycles. The first-order chi connectivity index (χ1) is 11.2. The maximum Gasteiger partial charge on any atom is 0.268 e. The van der Waals surface area contributed by atoms with Gasteiger partial charge in [-0.3, -0.25) is 0 Å². The summed E-state index contributed by atoms with van der Waals surface area (Å²) < 4.78 is 12.7. The van der Waals surface area contributed by atoms with Crippen LogP contribution in [0.25, 0.3) is 10.8 Å². The van der Waals surface area contributed by atoms with Crippen molar-refractivity contribution in [3.05, 3.63) is 34.7 Å². The van der Waals surface area contributed by atoms with Crippen molar-refractivity contribution >= 4 is 23.1 Å². The van der Waals surface area contributed by atoms with E-state index >= 15 is 0 Å². The van der Waals surface area contributed by atoms with Crippen LogP contribution in [0.1, 0.15) is 17.2 Å². The third kappa shape index (κ3) is 3.65. The highest BCUT2D eigenvalue weighted by Gasteiger charge is 2.14. The predicted octanol–water partition coefficient (Wildman–Crippen LogP) is 3.55. The van der Waals surface area contributed by atoms with E-state index in [-0.39, 0.29) is 0 Å². The number of aryl methyl sites for hydroxylation is 1. The van der Waals surface area contributed by atoms with Gasteiger partial charge in [-0.25, -0.2) is 4.98 Å². The maximum absolute atomic E-state index is 5.31. The normalized spacial score (nSPS) is 11.3. The van der Waals surface area contributed by atoms with Gasteiger partial charge in [-0.2, -0.15) is 4.98 Å². The van der Waals surface area contributed by atoms with Crippen LogP contribution in [0.5, 0.6) is 0 Å². The molecule has 3 rings (SSSR count). The molecule has 0 N–H and O–H groups in total. The van der Waals surface area contributed by atoms with Crippen molar-refractivity contribution in [2.24, 2.45) is 0 Å². The van der Waals surface area contributed by atoms with Crippen molar-refractivity contribution in [1.29, 1.82) is 0 Å². The minimum absolute atomic E-state index is 0.575. The Morgan fingerprint density at radius 2 is 2.22 bits per heavy atom. The van der Waals surface area contributed by atoms with E-state index in [1.807, 2.05) is 24.4 Å². The number of nitrogens with zero attached hydrogens (tertiary/aromatic N) is 4. The quantitative estimate of drug-likeness (QED) is 0.607. The Morgan fingerprint density at radius 3 is 2.96 bits per heavy atom. The molecule has 0 aliphatic carbocycles. The lowest BCUT2D eigenvalue weighted by molar-refractivity contribution is 0.184. The number of hydrogen-bond acceptors (Lipinski definition) is 7. The molecule has 0 saturated heterocycles. The summed E-state index contributed by atoms with van der Waals surface area (Å²) in [5, 5.41) is 7.00. The fraction of sp³-hybridized carbons (Fsp3) is 0.400. The molecule has 0 aromatic carbocycles. The Bertz CT molecular complexity index is 765. The lowest BCUT2D eigenvalue weighted by Gasteiger charge is -2.08. The molecule has 23 heavy (non-hydrogen) atoms. The van der Waals surface area contributed by atoms with Crippen LogP contribution < -0.4 is 0 Å². The van der Waals surface area contributed by atoms with Gasteiger partial charge in [-0.15, -0.1) is 11.3 Å². The van der Waals surface area contributed by atoms with Crippen LogP contribution in [0.3, 0.4) is 0 Å². The predicted molar refractivity (Wildman–Crippen MR) is 90.7 cm³/mol. The van der Waals surface area contributed by atoms with E-state index in [0.717, 1.165) is 28.0 Å². The molecule has 0 aliphatic rings. The molecule has 0 amide bonds. The highest BCUT2D eigenvalue weighted by Crippen LogP contribution is 2.26. The maximum atomic E-state index is 5.31. The molecule has 0 saturated carbocycles. The second-order valence-corrected chi connectivity index (χ2v) is 6.88. The van der Waals surface area contributed by atoms with Gasteiger partial charge in [0.1, 0.15) is 0 Å². The van der Waals surface area contributed by atoms with Gasteiger partial charge >= 0.3 is 0 Å². The third-order valence-electron chi connectivity index (χ3n) is 3.47. The highest BCUT2D eigenvalue weighted by atomic mass is 32.2. The van der Waals surface area contributed by atoms with Crippen LogP contribution in [0.4, 0.5) is 0 Å². The second kappa shape index (κ2) is 7.29. The molecule has 0 spiro atoms. The fourth-order valence-electron chi connectivity index (χ4n) is 2.12. The molecule has 3 heterocycles. The van der Waals surface area contributed by atoms with E-state index in [9.17, 15) is 0 Å². The monoisotopic (exact) mass is 350 g/mol. The van der Waals surface area contributed by atoms with Crippen LogP contribution in [-0.2, 0) is 17.0 Å². The molecule has 6 nitrogen and oxygen atoms in total. The SMILES string of the molecule is COCCn1c(SCc2noc(-c3cccs3)n2)nc(C)c1C. The molecule has 8 heteroatoms. The Labute approximate surface area is 142 Å². The summed E-state index contributed by atoms with van der Waals surface area (Å²) in [6, 6.07) is 3.94. The average Bonchev–Trinajstić information content (AvgIpc) is 3.26. The van der Waals surface area contributed by atoms with Gasteiger partial charge in [-0.05, 0) is 25.3 Å². The van der Waals surface area contributed by atoms with Gasteiger partial charge in [0.25, 0.3) is 5.89 Å². The smallest absolute Gasteiger partial charge is 0.268 e. The van der Waals surface area contributed by atoms with E-state index in [1.54, 1.807) is 30.2 Å². The number of methoxy groups -OCH3 is 1. The van der Waals surface area contributed by atoms with Gasteiger partial charge in [0.05, 0.1) is 22.9 Å². The molecule has 0 bridgehead atoms. The minimum Gasteiger partial charge on any atom is -0.383 e. The average molecular weight is 350 g/mol. The zero-order valence-corrected chi connectivity index (χ0v) is 14.9. The number of hydrogen-bond donors (Lipinski definition) is 0. The standard InChI is InChI=1S/C15H18N4O2S2/c1-10-11(2)19(6-7-20-3)15(16-10)23-9-13-17-14(21-18-13)12-5-4-8-22-12/h4-5,8H,6-7,9H2,1-3H3. The van der Waals surface area contributed by atoms with Crippen molar-refractivity contribution in [1.82, 2.24) is 19.7 Å². The molecule has 3 aromatic heterocycles. The molecule has 0 fully saturated rings. The first kappa shape index (κ1) is 16.2. The number of thioether (sulfide) groups is 1. The summed E-state index contributed by atoms with van der Waals surface area (Å²) in [6.45, 7) is 5.55. The van der Waals surface area contributed by atoms with Gasteiger partial charge in [-0.1, -0.05) is 23.0 Å². The minimum atomic E-state index is 0.575. The Balaban J connectivity index is 1.70. The van der Waals surface area contributed by atoms with Crippen LogP contribution >= 0.6 is 23.1 Å².